The molecule has 5 rings (SSSR count). The number of hydrogen-bond acceptors (Lipinski definition) is 6. The summed E-state index contributed by atoms with van der Waals surface area (Å²) in [4.78, 5) is 36.6. The molecular weight excluding hydrogens is 482 g/mol. The lowest BCUT2D eigenvalue weighted by Crippen LogP contribution is -2.30. The predicted molar refractivity (Wildman–Crippen MR) is 147 cm³/mol. The number of rotatable bonds is 7. The number of ether oxygens (including phenoxy) is 1. The van der Waals surface area contributed by atoms with E-state index in [1.54, 1.807) is 57.6 Å². The number of pyridine rings is 2. The second-order valence-corrected chi connectivity index (χ2v) is 9.68. The average molecular weight is 514 g/mol. The summed E-state index contributed by atoms with van der Waals surface area (Å²) < 4.78 is 10.7. The Hall–Kier alpha value is -4.47. The third kappa shape index (κ3) is 4.42. The van der Waals surface area contributed by atoms with Gasteiger partial charge in [0.25, 0.3) is 0 Å². The van der Waals surface area contributed by atoms with Crippen molar-refractivity contribution in [2.75, 3.05) is 13.6 Å². The maximum absolute atomic E-state index is 13.5. The van der Waals surface area contributed by atoms with Gasteiger partial charge in [-0.3, -0.25) is 28.6 Å². The molecule has 1 amide bonds. The van der Waals surface area contributed by atoms with E-state index in [-0.39, 0.29) is 24.2 Å². The number of likely N-dealkylation sites (N-methyl/N-ethyl adjacent to an activating group) is 1. The number of fused-ring (bicyclic) bond motifs is 3. The maximum Gasteiger partial charge on any atom is 0.333 e. The summed E-state index contributed by atoms with van der Waals surface area (Å²) in [6.45, 7) is 8.41. The number of amides is 1. The molecule has 0 fully saturated rings. The zero-order valence-corrected chi connectivity index (χ0v) is 22.5. The highest BCUT2D eigenvalue weighted by molar-refractivity contribution is 6.04. The molecule has 4 heterocycles. The molecule has 0 unspecified atom stereocenters. The van der Waals surface area contributed by atoms with Crippen molar-refractivity contribution in [1.82, 2.24) is 33.8 Å². The molecule has 0 atom stereocenters. The van der Waals surface area contributed by atoms with Crippen LogP contribution in [-0.4, -0.2) is 59.4 Å². The first-order valence-electron chi connectivity index (χ1n) is 12.6. The molecule has 38 heavy (non-hydrogen) atoms. The largest absolute Gasteiger partial charge is 0.489 e. The lowest BCUT2D eigenvalue weighted by molar-refractivity contribution is -0.130. The second-order valence-electron chi connectivity index (χ2n) is 9.68. The average Bonchev–Trinajstić information content (AvgIpc) is 3.38. The Bertz CT molecular complexity index is 1730. The summed E-state index contributed by atoms with van der Waals surface area (Å²) in [5, 5.41) is 5.36. The van der Waals surface area contributed by atoms with Gasteiger partial charge in [0.1, 0.15) is 12.3 Å². The van der Waals surface area contributed by atoms with Crippen molar-refractivity contribution in [2.24, 2.45) is 7.05 Å². The predicted octanol–water partition coefficient (Wildman–Crippen LogP) is 3.71. The van der Waals surface area contributed by atoms with E-state index in [1.807, 2.05) is 52.0 Å². The second kappa shape index (κ2) is 9.77. The van der Waals surface area contributed by atoms with Crippen LogP contribution in [0.2, 0.25) is 0 Å². The standard InChI is InChI=1S/C28H31N7O3/c1-7-32(5)26(36)16-34-15-25(18(4)31-34)35-27-22-11-19(20-10-21(13-29-12-20)38-17(2)3)8-9-23(22)30-14-24(27)33(6)28(35)37/h8-15,17H,7,16H2,1-6H3. The van der Waals surface area contributed by atoms with Crippen LogP contribution >= 0.6 is 0 Å². The number of aryl methyl sites for hydroxylation is 2. The molecule has 0 spiro atoms. The van der Waals surface area contributed by atoms with Crippen molar-refractivity contribution in [2.45, 2.75) is 40.3 Å². The summed E-state index contributed by atoms with van der Waals surface area (Å²) in [5.74, 6) is 0.639. The van der Waals surface area contributed by atoms with Gasteiger partial charge in [-0.15, -0.1) is 0 Å². The fourth-order valence-corrected chi connectivity index (χ4v) is 4.56. The monoisotopic (exact) mass is 513 g/mol. The topological polar surface area (TPSA) is 100 Å². The molecule has 0 radical (unpaired) electrons. The summed E-state index contributed by atoms with van der Waals surface area (Å²) in [6, 6.07) is 7.91. The molecule has 196 valence electrons. The van der Waals surface area contributed by atoms with Gasteiger partial charge in [-0.05, 0) is 51.5 Å². The van der Waals surface area contributed by atoms with Gasteiger partial charge >= 0.3 is 5.69 Å². The van der Waals surface area contributed by atoms with E-state index in [1.165, 1.54) is 0 Å². The highest BCUT2D eigenvalue weighted by atomic mass is 16.5. The molecule has 0 aliphatic rings. The van der Waals surface area contributed by atoms with Crippen molar-refractivity contribution < 1.29 is 9.53 Å². The Balaban J connectivity index is 1.69. The molecule has 5 aromatic rings. The van der Waals surface area contributed by atoms with E-state index in [0.717, 1.165) is 27.5 Å². The van der Waals surface area contributed by atoms with Crippen molar-refractivity contribution in [1.29, 1.82) is 0 Å². The minimum absolute atomic E-state index is 0.0352. The Kier molecular flexibility index (Phi) is 6.48. The minimum Gasteiger partial charge on any atom is -0.489 e. The van der Waals surface area contributed by atoms with E-state index in [9.17, 15) is 9.59 Å². The lowest BCUT2D eigenvalue weighted by Gasteiger charge is -2.13. The summed E-state index contributed by atoms with van der Waals surface area (Å²) >= 11 is 0. The van der Waals surface area contributed by atoms with E-state index in [4.69, 9.17) is 4.74 Å². The molecule has 10 heteroatoms. The molecule has 10 nitrogen and oxygen atoms in total. The molecule has 0 aliphatic carbocycles. The lowest BCUT2D eigenvalue weighted by atomic mass is 10.0. The minimum atomic E-state index is -0.214. The summed E-state index contributed by atoms with van der Waals surface area (Å²) in [5.41, 5.74) is 5.07. The van der Waals surface area contributed by atoms with E-state index >= 15 is 0 Å². The molecular formula is C28H31N7O3. The van der Waals surface area contributed by atoms with Crippen LogP contribution in [0.1, 0.15) is 26.5 Å². The first-order chi connectivity index (χ1) is 18.2. The van der Waals surface area contributed by atoms with E-state index < -0.39 is 0 Å². The normalized spacial score (nSPS) is 11.6. The Morgan fingerprint density at radius 1 is 1.13 bits per heavy atom. The first kappa shape index (κ1) is 25.2. The van der Waals surface area contributed by atoms with Gasteiger partial charge < -0.3 is 9.64 Å². The van der Waals surface area contributed by atoms with Crippen LogP contribution in [0.4, 0.5) is 0 Å². The molecule has 0 saturated heterocycles. The Morgan fingerprint density at radius 3 is 2.66 bits per heavy atom. The number of hydrogen-bond donors (Lipinski definition) is 0. The van der Waals surface area contributed by atoms with Crippen LogP contribution < -0.4 is 10.4 Å². The first-order valence-corrected chi connectivity index (χ1v) is 12.6. The molecule has 4 aromatic heterocycles. The van der Waals surface area contributed by atoms with Crippen LogP contribution in [0.15, 0.2) is 53.8 Å². The van der Waals surface area contributed by atoms with Crippen LogP contribution in [0.3, 0.4) is 0 Å². The molecule has 0 N–H and O–H groups in total. The van der Waals surface area contributed by atoms with Gasteiger partial charge in [-0.2, -0.15) is 5.10 Å². The van der Waals surface area contributed by atoms with Gasteiger partial charge in [0.2, 0.25) is 5.91 Å². The van der Waals surface area contributed by atoms with Crippen LogP contribution in [0.5, 0.6) is 5.75 Å². The highest BCUT2D eigenvalue weighted by Crippen LogP contribution is 2.31. The van der Waals surface area contributed by atoms with Gasteiger partial charge in [0.15, 0.2) is 0 Å². The van der Waals surface area contributed by atoms with E-state index in [0.29, 0.717) is 29.2 Å². The number of carbonyl (C=O) groups excluding carboxylic acids is 1. The highest BCUT2D eigenvalue weighted by Gasteiger charge is 2.20. The van der Waals surface area contributed by atoms with Crippen LogP contribution in [0, 0.1) is 6.92 Å². The number of nitrogens with zero attached hydrogens (tertiary/aromatic N) is 7. The third-order valence-corrected chi connectivity index (χ3v) is 6.66. The summed E-state index contributed by atoms with van der Waals surface area (Å²) in [7, 11) is 3.49. The van der Waals surface area contributed by atoms with Crippen molar-refractivity contribution in [3.8, 4) is 22.6 Å². The molecule has 0 aliphatic heterocycles. The molecule has 1 aromatic carbocycles. The SMILES string of the molecule is CCN(C)C(=O)Cn1cc(-n2c(=O)n(C)c3cnc4ccc(-c5cncc(OC(C)C)c5)cc4c32)c(C)n1. The van der Waals surface area contributed by atoms with Crippen molar-refractivity contribution in [3.05, 3.63) is 65.2 Å². The number of imidazole rings is 1. The maximum atomic E-state index is 13.5. The zero-order valence-electron chi connectivity index (χ0n) is 22.5. The molecule has 0 bridgehead atoms. The number of carbonyl (C=O) groups is 1. The van der Waals surface area contributed by atoms with Crippen LogP contribution in [0.25, 0.3) is 38.8 Å². The zero-order chi connectivity index (χ0) is 27.1. The van der Waals surface area contributed by atoms with Gasteiger partial charge in [-0.25, -0.2) is 4.79 Å². The Labute approximate surface area is 220 Å². The number of aromatic nitrogens is 6. The smallest absolute Gasteiger partial charge is 0.333 e. The van der Waals surface area contributed by atoms with Crippen molar-refractivity contribution >= 4 is 27.8 Å². The number of benzene rings is 1. The molecule has 0 saturated carbocycles. The van der Waals surface area contributed by atoms with Gasteiger partial charge in [0.05, 0.1) is 52.6 Å². The Morgan fingerprint density at radius 2 is 1.92 bits per heavy atom. The van der Waals surface area contributed by atoms with Gasteiger partial charge in [0, 0.05) is 37.8 Å². The summed E-state index contributed by atoms with van der Waals surface area (Å²) in [6.07, 6.45) is 6.99. The quantitative estimate of drug-likeness (QED) is 0.329. The van der Waals surface area contributed by atoms with Crippen LogP contribution in [-0.2, 0) is 18.4 Å². The third-order valence-electron chi connectivity index (χ3n) is 6.66. The van der Waals surface area contributed by atoms with Gasteiger partial charge in [-0.1, -0.05) is 6.07 Å². The fourth-order valence-electron chi connectivity index (χ4n) is 4.56. The van der Waals surface area contributed by atoms with E-state index in [2.05, 4.69) is 15.1 Å². The fraction of sp³-hybridized carbons (Fsp3) is 0.321. The van der Waals surface area contributed by atoms with Crippen molar-refractivity contribution in [3.63, 3.8) is 0 Å².